The summed E-state index contributed by atoms with van der Waals surface area (Å²) in [6.45, 7) is 1.18. The third-order valence-corrected chi connectivity index (χ3v) is 5.48. The average molecular weight is 365 g/mol. The Hall–Kier alpha value is -2.73. The third kappa shape index (κ3) is 3.32. The Morgan fingerprint density at radius 3 is 2.85 bits per heavy atom. The molecule has 0 aliphatic carbocycles. The first-order valence-corrected chi connectivity index (χ1v) is 9.61. The van der Waals surface area contributed by atoms with Gasteiger partial charge in [-0.1, -0.05) is 24.3 Å². The van der Waals surface area contributed by atoms with E-state index < -0.39 is 0 Å². The number of nitrogens with zero attached hydrogens (tertiary/aromatic N) is 3. The zero-order valence-corrected chi connectivity index (χ0v) is 15.1. The quantitative estimate of drug-likeness (QED) is 0.697. The summed E-state index contributed by atoms with van der Waals surface area (Å²) in [6.07, 6.45) is 1.91. The molecular formula is C20H19N3O2S. The summed E-state index contributed by atoms with van der Waals surface area (Å²) in [5.41, 5.74) is 2.90. The molecule has 5 nitrogen and oxygen atoms in total. The molecule has 0 bridgehead atoms. The maximum atomic E-state index is 12.6. The highest BCUT2D eigenvalue weighted by molar-refractivity contribution is 7.13. The van der Waals surface area contributed by atoms with Gasteiger partial charge in [0.25, 0.3) is 5.56 Å². The van der Waals surface area contributed by atoms with Gasteiger partial charge in [0.1, 0.15) is 5.69 Å². The predicted molar refractivity (Wildman–Crippen MR) is 104 cm³/mol. The number of aryl methyl sites for hydroxylation is 1. The number of benzene rings is 1. The Morgan fingerprint density at radius 1 is 1.12 bits per heavy atom. The van der Waals surface area contributed by atoms with Crippen molar-refractivity contribution in [2.75, 3.05) is 11.4 Å². The van der Waals surface area contributed by atoms with Crippen molar-refractivity contribution in [3.8, 4) is 10.6 Å². The smallest absolute Gasteiger partial charge is 0.266 e. The van der Waals surface area contributed by atoms with Gasteiger partial charge < -0.3 is 4.90 Å². The summed E-state index contributed by atoms with van der Waals surface area (Å²) in [5, 5.41) is 6.42. The van der Waals surface area contributed by atoms with Gasteiger partial charge in [-0.05, 0) is 42.0 Å². The number of aromatic nitrogens is 2. The van der Waals surface area contributed by atoms with Crippen molar-refractivity contribution in [2.45, 2.75) is 25.8 Å². The molecule has 6 heteroatoms. The molecule has 4 rings (SSSR count). The van der Waals surface area contributed by atoms with Gasteiger partial charge in [0, 0.05) is 31.3 Å². The summed E-state index contributed by atoms with van der Waals surface area (Å²) in [6, 6.07) is 15.3. The Balaban J connectivity index is 1.40. The second kappa shape index (κ2) is 7.25. The van der Waals surface area contributed by atoms with Gasteiger partial charge in [-0.15, -0.1) is 11.3 Å². The van der Waals surface area contributed by atoms with Crippen LogP contribution in [0.4, 0.5) is 5.69 Å². The lowest BCUT2D eigenvalue weighted by molar-refractivity contribution is -0.118. The van der Waals surface area contributed by atoms with E-state index in [2.05, 4.69) is 11.2 Å². The molecule has 3 aromatic rings. The molecular weight excluding hydrogens is 346 g/mol. The first kappa shape index (κ1) is 16.7. The summed E-state index contributed by atoms with van der Waals surface area (Å²) >= 11 is 1.59. The van der Waals surface area contributed by atoms with Crippen LogP contribution in [0.25, 0.3) is 10.6 Å². The van der Waals surface area contributed by atoms with Crippen LogP contribution in [-0.2, 0) is 17.8 Å². The number of para-hydroxylation sites is 1. The predicted octanol–water partition coefficient (Wildman–Crippen LogP) is 3.34. The van der Waals surface area contributed by atoms with Crippen molar-refractivity contribution in [1.82, 2.24) is 9.78 Å². The minimum atomic E-state index is -0.135. The van der Waals surface area contributed by atoms with E-state index in [1.165, 1.54) is 10.2 Å². The Morgan fingerprint density at radius 2 is 2.00 bits per heavy atom. The van der Waals surface area contributed by atoms with Crippen LogP contribution in [0.2, 0.25) is 0 Å². The maximum absolute atomic E-state index is 12.6. The zero-order chi connectivity index (χ0) is 17.9. The highest BCUT2D eigenvalue weighted by Gasteiger charge is 2.23. The molecule has 0 saturated heterocycles. The fourth-order valence-corrected chi connectivity index (χ4v) is 3.97. The number of carbonyl (C=O) groups is 1. The Labute approximate surface area is 155 Å². The van der Waals surface area contributed by atoms with Gasteiger partial charge in [-0.25, -0.2) is 4.68 Å². The number of rotatable bonds is 5. The van der Waals surface area contributed by atoms with E-state index in [9.17, 15) is 9.59 Å². The van der Waals surface area contributed by atoms with Gasteiger partial charge in [0.05, 0.1) is 4.88 Å². The van der Waals surface area contributed by atoms with Crippen LogP contribution in [0.5, 0.6) is 0 Å². The average Bonchev–Trinajstić information content (AvgIpc) is 3.33. The first-order valence-electron chi connectivity index (χ1n) is 8.73. The number of fused-ring (bicyclic) bond motifs is 1. The van der Waals surface area contributed by atoms with E-state index >= 15 is 0 Å². The molecule has 1 aromatic carbocycles. The molecule has 2 aromatic heterocycles. The maximum Gasteiger partial charge on any atom is 0.266 e. The van der Waals surface area contributed by atoms with Crippen LogP contribution in [0.3, 0.4) is 0 Å². The SMILES string of the molecule is O=C(CCCn1nc(-c2cccs2)ccc1=O)N1CCc2ccccc21. The van der Waals surface area contributed by atoms with Gasteiger partial charge in [-0.2, -0.15) is 5.10 Å². The molecule has 0 spiro atoms. The molecule has 26 heavy (non-hydrogen) atoms. The van der Waals surface area contributed by atoms with Crippen LogP contribution in [0.15, 0.2) is 58.7 Å². The summed E-state index contributed by atoms with van der Waals surface area (Å²) < 4.78 is 1.46. The molecule has 0 fully saturated rings. The molecule has 0 radical (unpaired) electrons. The minimum Gasteiger partial charge on any atom is -0.312 e. The van der Waals surface area contributed by atoms with E-state index in [4.69, 9.17) is 0 Å². The molecule has 132 valence electrons. The second-order valence-electron chi connectivity index (χ2n) is 6.28. The van der Waals surface area contributed by atoms with Crippen LogP contribution < -0.4 is 10.5 Å². The fourth-order valence-electron chi connectivity index (χ4n) is 3.28. The van der Waals surface area contributed by atoms with Crippen LogP contribution >= 0.6 is 11.3 Å². The number of thiophene rings is 1. The summed E-state index contributed by atoms with van der Waals surface area (Å²) in [5.74, 6) is 0.109. The van der Waals surface area contributed by atoms with Gasteiger partial charge >= 0.3 is 0 Å². The van der Waals surface area contributed by atoms with E-state index in [0.29, 0.717) is 19.4 Å². The van der Waals surface area contributed by atoms with Gasteiger partial charge in [-0.3, -0.25) is 9.59 Å². The van der Waals surface area contributed by atoms with Crippen molar-refractivity contribution in [3.63, 3.8) is 0 Å². The standard InChI is InChI=1S/C20H19N3O2S/c24-19(22-13-11-15-5-1-2-6-17(15)22)8-3-12-23-20(25)10-9-16(21-23)18-7-4-14-26-18/h1-2,4-7,9-10,14H,3,8,11-13H2. The molecule has 1 amide bonds. The van der Waals surface area contributed by atoms with E-state index in [0.717, 1.165) is 29.2 Å². The van der Waals surface area contributed by atoms with Crippen molar-refractivity contribution in [1.29, 1.82) is 0 Å². The highest BCUT2D eigenvalue weighted by Crippen LogP contribution is 2.28. The van der Waals surface area contributed by atoms with Crippen molar-refractivity contribution < 1.29 is 4.79 Å². The van der Waals surface area contributed by atoms with E-state index in [-0.39, 0.29) is 11.5 Å². The second-order valence-corrected chi connectivity index (χ2v) is 7.23. The number of hydrogen-bond donors (Lipinski definition) is 0. The van der Waals surface area contributed by atoms with Crippen LogP contribution in [0.1, 0.15) is 18.4 Å². The fraction of sp³-hybridized carbons (Fsp3) is 0.250. The molecule has 3 heterocycles. The lowest BCUT2D eigenvalue weighted by Gasteiger charge is -2.17. The molecule has 0 atom stereocenters. The van der Waals surface area contributed by atoms with Gasteiger partial charge in [0.15, 0.2) is 0 Å². The van der Waals surface area contributed by atoms with E-state index in [1.807, 2.05) is 40.6 Å². The Kier molecular flexibility index (Phi) is 4.67. The largest absolute Gasteiger partial charge is 0.312 e. The van der Waals surface area contributed by atoms with Crippen molar-refractivity contribution in [2.24, 2.45) is 0 Å². The summed E-state index contributed by atoms with van der Waals surface area (Å²) in [4.78, 5) is 27.5. The van der Waals surface area contributed by atoms with Crippen LogP contribution in [-0.4, -0.2) is 22.2 Å². The van der Waals surface area contributed by atoms with Crippen LogP contribution in [0, 0.1) is 0 Å². The number of hydrogen-bond acceptors (Lipinski definition) is 4. The minimum absolute atomic E-state index is 0.109. The first-order chi connectivity index (χ1) is 12.7. The highest BCUT2D eigenvalue weighted by atomic mass is 32.1. The molecule has 0 unspecified atom stereocenters. The monoisotopic (exact) mass is 365 g/mol. The third-order valence-electron chi connectivity index (χ3n) is 4.59. The van der Waals surface area contributed by atoms with Crippen molar-refractivity contribution >= 4 is 22.9 Å². The normalized spacial score (nSPS) is 13.0. The zero-order valence-electron chi connectivity index (χ0n) is 14.3. The number of amides is 1. The van der Waals surface area contributed by atoms with Crippen molar-refractivity contribution in [3.05, 3.63) is 69.8 Å². The topological polar surface area (TPSA) is 55.2 Å². The number of carbonyl (C=O) groups excluding carboxylic acids is 1. The molecule has 1 aliphatic heterocycles. The molecule has 0 N–H and O–H groups in total. The van der Waals surface area contributed by atoms with Gasteiger partial charge in [0.2, 0.25) is 5.91 Å². The van der Waals surface area contributed by atoms with E-state index in [1.54, 1.807) is 23.5 Å². The lowest BCUT2D eigenvalue weighted by atomic mass is 10.2. The Bertz CT molecular complexity index is 979. The lowest BCUT2D eigenvalue weighted by Crippen LogP contribution is -2.29. The number of anilines is 1. The molecule has 1 aliphatic rings. The molecule has 0 saturated carbocycles. The summed E-state index contributed by atoms with van der Waals surface area (Å²) in [7, 11) is 0.